The largest absolute Gasteiger partial charge is 0.483 e. The summed E-state index contributed by atoms with van der Waals surface area (Å²) in [5.74, 6) is -1.76. The number of anilines is 2. The number of amides is 3. The van der Waals surface area contributed by atoms with Gasteiger partial charge in [-0.3, -0.25) is 14.4 Å². The standard InChI is InChI=1S/C26H25ClN4O4/c1-16-8-10-20(12-18(16)3)30-25(33)26(34)31-28-14-19-6-4-5-7-23(19)35-15-24(32)29-21-11-9-17(2)22(27)13-21/h4-14H,15H2,1-3H3,(H,29,32)(H,30,33)(H,31,34)/b28-14-. The summed E-state index contributed by atoms with van der Waals surface area (Å²) in [6, 6.07) is 17.4. The second-order valence-corrected chi connectivity index (χ2v) is 8.20. The summed E-state index contributed by atoms with van der Waals surface area (Å²) in [6.45, 7) is 5.49. The van der Waals surface area contributed by atoms with Gasteiger partial charge in [-0.05, 0) is 73.9 Å². The van der Waals surface area contributed by atoms with E-state index in [-0.39, 0.29) is 12.5 Å². The molecule has 3 amide bonds. The minimum absolute atomic E-state index is 0.249. The summed E-state index contributed by atoms with van der Waals surface area (Å²) in [5.41, 5.74) is 6.75. The van der Waals surface area contributed by atoms with Crippen molar-refractivity contribution in [2.45, 2.75) is 20.8 Å². The predicted molar refractivity (Wildman–Crippen MR) is 137 cm³/mol. The zero-order valence-electron chi connectivity index (χ0n) is 19.5. The number of hydrazone groups is 1. The van der Waals surface area contributed by atoms with Crippen LogP contribution in [0.5, 0.6) is 5.75 Å². The molecule has 8 nitrogen and oxygen atoms in total. The molecular formula is C26H25ClN4O4. The molecule has 3 aromatic carbocycles. The zero-order chi connectivity index (χ0) is 25.4. The first-order valence-corrected chi connectivity index (χ1v) is 11.1. The molecule has 0 fully saturated rings. The molecule has 0 radical (unpaired) electrons. The SMILES string of the molecule is Cc1ccc(NC(=O)C(=O)N/N=C\c2ccccc2OCC(=O)Nc2ccc(C)c(Cl)c2)cc1C. The van der Waals surface area contributed by atoms with E-state index >= 15 is 0 Å². The van der Waals surface area contributed by atoms with Crippen LogP contribution in [0.3, 0.4) is 0 Å². The van der Waals surface area contributed by atoms with E-state index in [2.05, 4.69) is 21.2 Å². The Labute approximate surface area is 208 Å². The minimum Gasteiger partial charge on any atom is -0.483 e. The van der Waals surface area contributed by atoms with Crippen molar-refractivity contribution in [3.05, 3.63) is 87.9 Å². The van der Waals surface area contributed by atoms with Crippen molar-refractivity contribution in [2.75, 3.05) is 17.2 Å². The molecule has 180 valence electrons. The van der Waals surface area contributed by atoms with E-state index in [0.717, 1.165) is 16.7 Å². The van der Waals surface area contributed by atoms with Crippen LogP contribution in [0.1, 0.15) is 22.3 Å². The maximum absolute atomic E-state index is 12.2. The van der Waals surface area contributed by atoms with Crippen LogP contribution in [0.4, 0.5) is 11.4 Å². The molecule has 0 aliphatic rings. The van der Waals surface area contributed by atoms with E-state index in [0.29, 0.717) is 27.7 Å². The Kier molecular flexibility index (Phi) is 8.58. The topological polar surface area (TPSA) is 109 Å². The lowest BCUT2D eigenvalue weighted by Gasteiger charge is -2.10. The molecule has 0 aliphatic heterocycles. The number of aryl methyl sites for hydroxylation is 3. The summed E-state index contributed by atoms with van der Waals surface area (Å²) in [6.07, 6.45) is 1.33. The van der Waals surface area contributed by atoms with E-state index in [4.69, 9.17) is 16.3 Å². The lowest BCUT2D eigenvalue weighted by atomic mass is 10.1. The van der Waals surface area contributed by atoms with Gasteiger partial charge in [0.05, 0.1) is 6.21 Å². The van der Waals surface area contributed by atoms with Gasteiger partial charge in [0.15, 0.2) is 6.61 Å². The average Bonchev–Trinajstić information content (AvgIpc) is 2.83. The molecule has 3 aromatic rings. The number of nitrogens with one attached hydrogen (secondary N) is 3. The maximum atomic E-state index is 12.2. The molecule has 3 N–H and O–H groups in total. The summed E-state index contributed by atoms with van der Waals surface area (Å²) in [5, 5.41) is 9.62. The number of hydrogen-bond acceptors (Lipinski definition) is 5. The van der Waals surface area contributed by atoms with Gasteiger partial charge in [0.25, 0.3) is 5.91 Å². The van der Waals surface area contributed by atoms with Gasteiger partial charge in [-0.1, -0.05) is 35.9 Å². The third-order valence-electron chi connectivity index (χ3n) is 5.07. The van der Waals surface area contributed by atoms with E-state index in [1.54, 1.807) is 54.6 Å². The third kappa shape index (κ3) is 7.41. The number of carbonyl (C=O) groups excluding carboxylic acids is 3. The normalized spacial score (nSPS) is 10.6. The number of para-hydroxylation sites is 1. The molecule has 3 rings (SSSR count). The number of ether oxygens (including phenoxy) is 1. The minimum atomic E-state index is -0.922. The van der Waals surface area contributed by atoms with Crippen LogP contribution in [0.2, 0.25) is 5.02 Å². The second-order valence-electron chi connectivity index (χ2n) is 7.79. The van der Waals surface area contributed by atoms with Crippen molar-refractivity contribution in [2.24, 2.45) is 5.10 Å². The Morgan fingerprint density at radius 3 is 2.26 bits per heavy atom. The fourth-order valence-corrected chi connectivity index (χ4v) is 3.13. The summed E-state index contributed by atoms with van der Waals surface area (Å²) < 4.78 is 5.60. The number of hydrogen-bond donors (Lipinski definition) is 3. The summed E-state index contributed by atoms with van der Waals surface area (Å²) >= 11 is 6.08. The van der Waals surface area contributed by atoms with Crippen LogP contribution >= 0.6 is 11.6 Å². The maximum Gasteiger partial charge on any atom is 0.329 e. The van der Waals surface area contributed by atoms with E-state index < -0.39 is 11.8 Å². The molecule has 0 atom stereocenters. The Morgan fingerprint density at radius 1 is 0.857 bits per heavy atom. The van der Waals surface area contributed by atoms with Crippen molar-refractivity contribution >= 4 is 46.9 Å². The highest BCUT2D eigenvalue weighted by Crippen LogP contribution is 2.20. The fourth-order valence-electron chi connectivity index (χ4n) is 2.95. The monoisotopic (exact) mass is 492 g/mol. The fraction of sp³-hybridized carbons (Fsp3) is 0.154. The first-order valence-electron chi connectivity index (χ1n) is 10.7. The quantitative estimate of drug-likeness (QED) is 0.258. The Morgan fingerprint density at radius 2 is 1.54 bits per heavy atom. The molecule has 0 aliphatic carbocycles. The van der Waals surface area contributed by atoms with Gasteiger partial charge in [-0.25, -0.2) is 5.43 Å². The average molecular weight is 493 g/mol. The van der Waals surface area contributed by atoms with Gasteiger partial charge in [-0.15, -0.1) is 0 Å². The second kappa shape index (κ2) is 11.8. The Balaban J connectivity index is 1.54. The molecule has 0 spiro atoms. The van der Waals surface area contributed by atoms with Crippen LogP contribution in [-0.4, -0.2) is 30.5 Å². The molecule has 0 saturated heterocycles. The number of rotatable bonds is 7. The number of nitrogens with zero attached hydrogens (tertiary/aromatic N) is 1. The van der Waals surface area contributed by atoms with Gasteiger partial charge in [0, 0.05) is 22.0 Å². The lowest BCUT2D eigenvalue weighted by Crippen LogP contribution is -2.32. The highest BCUT2D eigenvalue weighted by molar-refractivity contribution is 6.39. The molecule has 0 bridgehead atoms. The van der Waals surface area contributed by atoms with Crippen molar-refractivity contribution in [3.63, 3.8) is 0 Å². The highest BCUT2D eigenvalue weighted by Gasteiger charge is 2.13. The smallest absolute Gasteiger partial charge is 0.329 e. The number of carbonyl (C=O) groups is 3. The molecule has 0 aromatic heterocycles. The third-order valence-corrected chi connectivity index (χ3v) is 5.48. The van der Waals surface area contributed by atoms with Gasteiger partial charge in [0.1, 0.15) is 5.75 Å². The predicted octanol–water partition coefficient (Wildman–Crippen LogP) is 4.37. The van der Waals surface area contributed by atoms with Crippen LogP contribution < -0.4 is 20.8 Å². The van der Waals surface area contributed by atoms with Crippen LogP contribution in [-0.2, 0) is 14.4 Å². The van der Waals surface area contributed by atoms with Crippen molar-refractivity contribution in [1.29, 1.82) is 0 Å². The summed E-state index contributed by atoms with van der Waals surface area (Å²) in [4.78, 5) is 36.4. The number of halogens is 1. The molecular weight excluding hydrogens is 468 g/mol. The van der Waals surface area contributed by atoms with E-state index in [1.807, 2.05) is 26.8 Å². The van der Waals surface area contributed by atoms with Gasteiger partial charge in [-0.2, -0.15) is 5.10 Å². The van der Waals surface area contributed by atoms with Gasteiger partial charge in [0.2, 0.25) is 0 Å². The zero-order valence-corrected chi connectivity index (χ0v) is 20.3. The molecule has 0 unspecified atom stereocenters. The van der Waals surface area contributed by atoms with Crippen molar-refractivity contribution < 1.29 is 19.1 Å². The van der Waals surface area contributed by atoms with E-state index in [9.17, 15) is 14.4 Å². The molecule has 0 saturated carbocycles. The molecule has 0 heterocycles. The first kappa shape index (κ1) is 25.5. The molecule has 35 heavy (non-hydrogen) atoms. The van der Waals surface area contributed by atoms with Crippen molar-refractivity contribution in [1.82, 2.24) is 5.43 Å². The van der Waals surface area contributed by atoms with Gasteiger partial charge < -0.3 is 15.4 Å². The molecule has 9 heteroatoms. The Hall–Kier alpha value is -4.17. The van der Waals surface area contributed by atoms with Gasteiger partial charge >= 0.3 is 11.8 Å². The lowest BCUT2D eigenvalue weighted by molar-refractivity contribution is -0.136. The Bertz CT molecular complexity index is 1290. The summed E-state index contributed by atoms with van der Waals surface area (Å²) in [7, 11) is 0. The number of benzene rings is 3. The van der Waals surface area contributed by atoms with Crippen LogP contribution in [0.15, 0.2) is 65.8 Å². The van der Waals surface area contributed by atoms with Crippen molar-refractivity contribution in [3.8, 4) is 5.75 Å². The highest BCUT2D eigenvalue weighted by atomic mass is 35.5. The van der Waals surface area contributed by atoms with Crippen LogP contribution in [0, 0.1) is 20.8 Å². The van der Waals surface area contributed by atoms with E-state index in [1.165, 1.54) is 6.21 Å². The first-order chi connectivity index (χ1) is 16.7. The van der Waals surface area contributed by atoms with Crippen LogP contribution in [0.25, 0.3) is 0 Å².